The number of hydrogen-bond donors (Lipinski definition) is 1. The predicted octanol–water partition coefficient (Wildman–Crippen LogP) is 4.73. The number of benzene rings is 1. The van der Waals surface area contributed by atoms with Crippen molar-refractivity contribution in [3.8, 4) is 0 Å². The van der Waals surface area contributed by atoms with Gasteiger partial charge in [-0.25, -0.2) is 0 Å². The number of ether oxygens (including phenoxy) is 2. The molecule has 1 aliphatic heterocycles. The molecule has 2 heterocycles. The second kappa shape index (κ2) is 10.3. The van der Waals surface area contributed by atoms with Crippen LogP contribution < -0.4 is 0 Å². The fourth-order valence-electron chi connectivity index (χ4n) is 4.65. The van der Waals surface area contributed by atoms with Crippen molar-refractivity contribution in [3.63, 3.8) is 0 Å². The normalized spacial score (nSPS) is 22.2. The van der Waals surface area contributed by atoms with Crippen LogP contribution in [-0.4, -0.2) is 48.5 Å². The molecule has 0 spiro atoms. The first-order valence-electron chi connectivity index (χ1n) is 11.5. The van der Waals surface area contributed by atoms with Crippen molar-refractivity contribution in [1.29, 1.82) is 0 Å². The third kappa shape index (κ3) is 5.13. The number of carbonyl (C=O) groups is 1. The number of carbonyl (C=O) groups excluding carboxylic acids is 1. The molecule has 1 aromatic heterocycles. The van der Waals surface area contributed by atoms with Gasteiger partial charge < -0.3 is 23.9 Å². The second-order valence-corrected chi connectivity index (χ2v) is 8.62. The van der Waals surface area contributed by atoms with E-state index in [-0.39, 0.29) is 24.5 Å². The topological polar surface area (TPSA) is 72.1 Å². The molecule has 1 amide bonds. The molecule has 1 aromatic carbocycles. The van der Waals surface area contributed by atoms with Crippen LogP contribution in [0.2, 0.25) is 0 Å². The van der Waals surface area contributed by atoms with Crippen molar-refractivity contribution < 1.29 is 23.8 Å². The molecule has 0 radical (unpaired) electrons. The first kappa shape index (κ1) is 21.9. The molecule has 31 heavy (non-hydrogen) atoms. The molecule has 6 heteroatoms. The van der Waals surface area contributed by atoms with E-state index in [1.807, 2.05) is 42.3 Å². The maximum atomic E-state index is 13.3. The van der Waals surface area contributed by atoms with Gasteiger partial charge in [0.05, 0.1) is 12.9 Å². The Bertz CT molecular complexity index is 898. The number of unbranched alkanes of at least 4 members (excludes halogenated alkanes) is 1. The fraction of sp³-hybridized carbons (Fsp3) is 0.560. The molecular formula is C25H33NO5. The molecule has 0 bridgehead atoms. The Morgan fingerprint density at radius 1 is 1.19 bits per heavy atom. The van der Waals surface area contributed by atoms with Gasteiger partial charge in [0.25, 0.3) is 5.91 Å². The van der Waals surface area contributed by atoms with Crippen molar-refractivity contribution in [2.24, 2.45) is 0 Å². The van der Waals surface area contributed by atoms with E-state index in [0.717, 1.165) is 35.8 Å². The number of furan rings is 1. The van der Waals surface area contributed by atoms with Crippen molar-refractivity contribution >= 4 is 16.9 Å². The van der Waals surface area contributed by atoms with E-state index in [0.29, 0.717) is 25.2 Å². The number of fused-ring (bicyclic) bond motifs is 1. The van der Waals surface area contributed by atoms with Gasteiger partial charge in [0.15, 0.2) is 5.76 Å². The van der Waals surface area contributed by atoms with E-state index < -0.39 is 6.29 Å². The maximum absolute atomic E-state index is 13.3. The third-order valence-electron chi connectivity index (χ3n) is 6.48. The highest BCUT2D eigenvalue weighted by atomic mass is 16.7. The monoisotopic (exact) mass is 427 g/mol. The lowest BCUT2D eigenvalue weighted by molar-refractivity contribution is -0.153. The molecule has 1 aliphatic carbocycles. The maximum Gasteiger partial charge on any atom is 0.288 e. The molecule has 2 atom stereocenters. The Balaban J connectivity index is 1.56. The first-order chi connectivity index (χ1) is 15.2. The Labute approximate surface area is 183 Å². The molecule has 4 rings (SSSR count). The highest BCUT2D eigenvalue weighted by Gasteiger charge is 2.33. The van der Waals surface area contributed by atoms with E-state index in [2.05, 4.69) is 0 Å². The van der Waals surface area contributed by atoms with Gasteiger partial charge in [0.2, 0.25) is 6.29 Å². The lowest BCUT2D eigenvalue weighted by atomic mass is 9.91. The summed E-state index contributed by atoms with van der Waals surface area (Å²) in [5.41, 5.74) is 1.89. The Morgan fingerprint density at radius 3 is 2.81 bits per heavy atom. The smallest absolute Gasteiger partial charge is 0.288 e. The number of para-hydroxylation sites is 1. The van der Waals surface area contributed by atoms with Gasteiger partial charge in [-0.1, -0.05) is 37.5 Å². The van der Waals surface area contributed by atoms with Crippen LogP contribution in [0.3, 0.4) is 0 Å². The number of likely N-dealkylation sites (N-methyl/N-ethyl adjacent to an activating group) is 1. The zero-order valence-electron chi connectivity index (χ0n) is 18.3. The summed E-state index contributed by atoms with van der Waals surface area (Å²) in [6, 6.07) is 8.22. The molecule has 2 aliphatic rings. The van der Waals surface area contributed by atoms with Crippen molar-refractivity contribution in [2.75, 3.05) is 20.3 Å². The zero-order valence-corrected chi connectivity index (χ0v) is 18.3. The van der Waals surface area contributed by atoms with Gasteiger partial charge in [-0.15, -0.1) is 0 Å². The second-order valence-electron chi connectivity index (χ2n) is 8.62. The quantitative estimate of drug-likeness (QED) is 0.617. The number of allylic oxidation sites excluding steroid dienone is 1. The van der Waals surface area contributed by atoms with Gasteiger partial charge >= 0.3 is 0 Å². The first-order valence-corrected chi connectivity index (χ1v) is 11.5. The minimum absolute atomic E-state index is 0.0288. The van der Waals surface area contributed by atoms with Crippen LogP contribution in [0.5, 0.6) is 0 Å². The highest BCUT2D eigenvalue weighted by Crippen LogP contribution is 2.37. The highest BCUT2D eigenvalue weighted by molar-refractivity contribution is 5.92. The summed E-state index contributed by atoms with van der Waals surface area (Å²) >= 11 is 0. The van der Waals surface area contributed by atoms with Crippen LogP contribution in [0.15, 0.2) is 46.8 Å². The molecule has 168 valence electrons. The van der Waals surface area contributed by atoms with E-state index in [1.165, 1.54) is 19.3 Å². The predicted molar refractivity (Wildman–Crippen MR) is 118 cm³/mol. The van der Waals surface area contributed by atoms with Gasteiger partial charge in [-0.05, 0) is 37.8 Å². The van der Waals surface area contributed by atoms with Crippen molar-refractivity contribution in [3.05, 3.63) is 47.9 Å². The average molecular weight is 428 g/mol. The number of aliphatic hydroxyl groups is 1. The Kier molecular flexibility index (Phi) is 7.30. The Hall–Kier alpha value is -2.31. The van der Waals surface area contributed by atoms with Crippen LogP contribution in [0.4, 0.5) is 0 Å². The molecular weight excluding hydrogens is 394 g/mol. The molecule has 2 aromatic rings. The zero-order chi connectivity index (χ0) is 21.6. The number of nitrogens with zero attached hydrogens (tertiary/aromatic N) is 1. The summed E-state index contributed by atoms with van der Waals surface area (Å²) in [4.78, 5) is 15.2. The minimum atomic E-state index is -0.499. The van der Waals surface area contributed by atoms with Gasteiger partial charge in [-0.2, -0.15) is 0 Å². The molecule has 0 unspecified atom stereocenters. The number of aliphatic hydroxyl groups excluding tert-OH is 1. The lowest BCUT2D eigenvalue weighted by Crippen LogP contribution is -2.41. The summed E-state index contributed by atoms with van der Waals surface area (Å²) in [6.45, 7) is 0.637. The van der Waals surface area contributed by atoms with Crippen LogP contribution >= 0.6 is 0 Å². The number of rotatable bonds is 8. The van der Waals surface area contributed by atoms with E-state index in [9.17, 15) is 4.79 Å². The molecule has 1 N–H and O–H groups in total. The van der Waals surface area contributed by atoms with Gasteiger partial charge in [0, 0.05) is 43.0 Å². The van der Waals surface area contributed by atoms with Crippen molar-refractivity contribution in [1.82, 2.24) is 4.90 Å². The largest absolute Gasteiger partial charge is 0.464 e. The fourth-order valence-corrected chi connectivity index (χ4v) is 4.65. The van der Waals surface area contributed by atoms with E-state index >= 15 is 0 Å². The Morgan fingerprint density at radius 2 is 2.00 bits per heavy atom. The molecule has 6 nitrogen and oxygen atoms in total. The summed E-state index contributed by atoms with van der Waals surface area (Å²) in [6.07, 6.45) is 11.0. The molecule has 0 saturated heterocycles. The van der Waals surface area contributed by atoms with E-state index in [1.54, 1.807) is 6.26 Å². The van der Waals surface area contributed by atoms with Crippen LogP contribution in [-0.2, 0) is 14.3 Å². The standard InChI is InChI=1S/C25H33NO5/c1-26(19-9-3-2-4-10-19)25(28)23-15-18(16-24(31-23)29-14-8-7-13-27)21-17-30-22-12-6-5-11-20(21)22/h5-6,11-12,15,17-19,24,27H,2-4,7-10,13-14,16H2,1H3/t18-,24+/m1/s1. The minimum Gasteiger partial charge on any atom is -0.464 e. The number of amides is 1. The van der Waals surface area contributed by atoms with Crippen LogP contribution in [0.1, 0.15) is 62.8 Å². The summed E-state index contributed by atoms with van der Waals surface area (Å²) in [5, 5.41) is 10.1. The average Bonchev–Trinajstić information content (AvgIpc) is 3.25. The summed E-state index contributed by atoms with van der Waals surface area (Å²) in [7, 11) is 1.89. The number of hydrogen-bond acceptors (Lipinski definition) is 5. The lowest BCUT2D eigenvalue weighted by Gasteiger charge is -2.34. The van der Waals surface area contributed by atoms with Gasteiger partial charge in [0.1, 0.15) is 5.58 Å². The van der Waals surface area contributed by atoms with Crippen molar-refractivity contribution in [2.45, 2.75) is 69.6 Å². The van der Waals surface area contributed by atoms with Crippen LogP contribution in [0, 0.1) is 0 Å². The third-order valence-corrected chi connectivity index (χ3v) is 6.48. The van der Waals surface area contributed by atoms with Crippen LogP contribution in [0.25, 0.3) is 11.0 Å². The molecule has 1 saturated carbocycles. The summed E-state index contributed by atoms with van der Waals surface area (Å²) in [5.74, 6) is 0.258. The SMILES string of the molecule is CN(C(=O)C1=C[C@@H](c2coc3ccccc23)C[C@@H](OCCCCO)O1)C1CCCCC1. The van der Waals surface area contributed by atoms with E-state index in [4.69, 9.17) is 19.0 Å². The van der Waals surface area contributed by atoms with Gasteiger partial charge in [-0.3, -0.25) is 4.79 Å². The summed E-state index contributed by atoms with van der Waals surface area (Å²) < 4.78 is 17.7. The molecule has 1 fully saturated rings.